The highest BCUT2D eigenvalue weighted by molar-refractivity contribution is 7.89. The van der Waals surface area contributed by atoms with E-state index in [4.69, 9.17) is 5.73 Å². The predicted octanol–water partition coefficient (Wildman–Crippen LogP) is 1.88. The topological polar surface area (TPSA) is 110 Å². The van der Waals surface area contributed by atoms with Crippen LogP contribution in [0.5, 0.6) is 0 Å². The van der Waals surface area contributed by atoms with Crippen molar-refractivity contribution >= 4 is 21.8 Å². The smallest absolute Gasteiger partial charge is 0.243 e. The summed E-state index contributed by atoms with van der Waals surface area (Å²) in [6.45, 7) is 3.26. The lowest BCUT2D eigenvalue weighted by atomic mass is 9.47. The first-order valence-electron chi connectivity index (χ1n) is 10.6. The molecule has 4 saturated carbocycles. The molecule has 5 rings (SSSR count). The Balaban J connectivity index is 1.52. The first-order chi connectivity index (χ1) is 14.0. The molecule has 1 aromatic carbocycles. The number of primary amides is 1. The molecule has 2 unspecified atom stereocenters. The van der Waals surface area contributed by atoms with Crippen LogP contribution >= 0.6 is 0 Å². The van der Waals surface area contributed by atoms with E-state index in [1.54, 1.807) is 32.0 Å². The summed E-state index contributed by atoms with van der Waals surface area (Å²) >= 11 is 0. The maximum atomic E-state index is 13.3. The second-order valence-electron chi connectivity index (χ2n) is 9.96. The van der Waals surface area contributed by atoms with Crippen LogP contribution in [0, 0.1) is 23.2 Å². The van der Waals surface area contributed by atoms with Crippen LogP contribution in [0.2, 0.25) is 0 Å². The van der Waals surface area contributed by atoms with Gasteiger partial charge in [-0.1, -0.05) is 18.2 Å². The summed E-state index contributed by atoms with van der Waals surface area (Å²) in [5.41, 5.74) is 4.08. The number of benzene rings is 1. The first-order valence-corrected chi connectivity index (χ1v) is 12.1. The van der Waals surface area contributed by atoms with E-state index in [1.807, 2.05) is 0 Å². The third-order valence-electron chi connectivity index (χ3n) is 7.84. The van der Waals surface area contributed by atoms with Gasteiger partial charge in [0.15, 0.2) is 0 Å². The normalized spacial score (nSPS) is 32.9. The van der Waals surface area contributed by atoms with E-state index in [0.717, 1.165) is 36.4 Å². The van der Waals surface area contributed by atoms with E-state index in [9.17, 15) is 18.0 Å². The second kappa shape index (κ2) is 7.05. The Morgan fingerprint density at radius 1 is 1.10 bits per heavy atom. The number of hydrogen-bond donors (Lipinski definition) is 2. The van der Waals surface area contributed by atoms with Gasteiger partial charge in [-0.2, -0.15) is 4.31 Å². The number of carbonyl (C=O) groups excluding carboxylic acids is 2. The molecule has 164 valence electrons. The number of likely N-dealkylation sites (N-methyl/N-ethyl adjacent to an activating group) is 1. The monoisotopic (exact) mass is 433 g/mol. The minimum Gasteiger partial charge on any atom is -0.369 e. The van der Waals surface area contributed by atoms with Gasteiger partial charge < -0.3 is 11.1 Å². The lowest BCUT2D eigenvalue weighted by Crippen LogP contribution is -2.65. The van der Waals surface area contributed by atoms with Crippen LogP contribution in [0.3, 0.4) is 0 Å². The summed E-state index contributed by atoms with van der Waals surface area (Å²) in [5.74, 6) is 0.423. The van der Waals surface area contributed by atoms with Gasteiger partial charge in [0.25, 0.3) is 0 Å². The lowest BCUT2D eigenvalue weighted by molar-refractivity contribution is -0.148. The highest BCUT2D eigenvalue weighted by Crippen LogP contribution is 2.60. The molecule has 0 aromatic heterocycles. The molecule has 0 spiro atoms. The van der Waals surface area contributed by atoms with E-state index < -0.39 is 21.0 Å². The molecular formula is C22H31N3O4S. The summed E-state index contributed by atoms with van der Waals surface area (Å²) < 4.78 is 27.2. The van der Waals surface area contributed by atoms with Gasteiger partial charge in [0.2, 0.25) is 21.8 Å². The molecule has 4 fully saturated rings. The fourth-order valence-corrected chi connectivity index (χ4v) is 7.58. The fraction of sp³-hybridized carbons (Fsp3) is 0.636. The number of nitrogens with one attached hydrogen (secondary N) is 1. The van der Waals surface area contributed by atoms with Gasteiger partial charge in [0, 0.05) is 18.5 Å². The molecule has 4 bridgehead atoms. The van der Waals surface area contributed by atoms with Crippen molar-refractivity contribution in [3.05, 3.63) is 30.3 Å². The third-order valence-corrected chi connectivity index (χ3v) is 9.88. The van der Waals surface area contributed by atoms with E-state index in [2.05, 4.69) is 5.32 Å². The Kier molecular flexibility index (Phi) is 5.01. The zero-order valence-electron chi connectivity index (χ0n) is 17.8. The molecule has 30 heavy (non-hydrogen) atoms. The molecule has 0 aliphatic heterocycles. The molecule has 4 aliphatic carbocycles. The molecule has 2 amide bonds. The van der Waals surface area contributed by atoms with Gasteiger partial charge in [-0.05, 0) is 75.8 Å². The Morgan fingerprint density at radius 2 is 1.67 bits per heavy atom. The number of rotatable bonds is 6. The predicted molar refractivity (Wildman–Crippen MR) is 113 cm³/mol. The maximum Gasteiger partial charge on any atom is 0.243 e. The summed E-state index contributed by atoms with van der Waals surface area (Å²) in [4.78, 5) is 25.6. The average molecular weight is 434 g/mol. The van der Waals surface area contributed by atoms with Crippen LogP contribution in [0.15, 0.2) is 35.2 Å². The molecular weight excluding hydrogens is 402 g/mol. The first kappa shape index (κ1) is 21.3. The Labute approximate surface area is 178 Å². The van der Waals surface area contributed by atoms with Crippen molar-refractivity contribution in [3.8, 4) is 0 Å². The number of hydrogen-bond acceptors (Lipinski definition) is 4. The quantitative estimate of drug-likeness (QED) is 0.714. The van der Waals surface area contributed by atoms with Gasteiger partial charge in [0.1, 0.15) is 5.54 Å². The molecule has 3 N–H and O–H groups in total. The zero-order chi connectivity index (χ0) is 21.9. The Morgan fingerprint density at radius 3 is 2.20 bits per heavy atom. The Bertz CT molecular complexity index is 944. The van der Waals surface area contributed by atoms with Crippen LogP contribution in [-0.2, 0) is 19.6 Å². The molecule has 4 aliphatic rings. The molecule has 1 aromatic rings. The molecule has 0 saturated heterocycles. The van der Waals surface area contributed by atoms with E-state index in [1.165, 1.54) is 19.2 Å². The molecule has 8 heteroatoms. The van der Waals surface area contributed by atoms with Crippen LogP contribution < -0.4 is 11.1 Å². The van der Waals surface area contributed by atoms with E-state index in [-0.39, 0.29) is 34.6 Å². The summed E-state index contributed by atoms with van der Waals surface area (Å²) in [6.07, 6.45) is 4.31. The van der Waals surface area contributed by atoms with E-state index in [0.29, 0.717) is 5.92 Å². The molecule has 7 nitrogen and oxygen atoms in total. The van der Waals surface area contributed by atoms with Gasteiger partial charge in [-0.25, -0.2) is 8.42 Å². The molecule has 0 radical (unpaired) electrons. The van der Waals surface area contributed by atoms with Crippen LogP contribution in [0.25, 0.3) is 0 Å². The highest BCUT2D eigenvalue weighted by Gasteiger charge is 2.58. The van der Waals surface area contributed by atoms with Crippen LogP contribution in [0.4, 0.5) is 0 Å². The molecule has 0 heterocycles. The van der Waals surface area contributed by atoms with Gasteiger partial charge in [-0.15, -0.1) is 0 Å². The standard InChI is InChI=1S/C22H31N3O4S/c1-21(2,25(3)30(28,29)17-7-5-4-6-8-17)20(27)24-18-15-9-14-10-16(18)13-22(11-14,12-15)19(23)26/h4-8,14-16,18H,9-13H2,1-3H3,(H2,23,26)(H,24,27). The SMILES string of the molecule is CN(C(C)(C)C(=O)NC1C2CC3CC1CC(C(N)=O)(C3)C2)S(=O)(=O)c1ccccc1. The number of amides is 2. The molecule has 2 atom stereocenters. The number of nitrogens with zero attached hydrogens (tertiary/aromatic N) is 1. The van der Waals surface area contributed by atoms with Crippen LogP contribution in [-0.4, -0.2) is 43.2 Å². The third kappa shape index (κ3) is 3.24. The minimum atomic E-state index is -3.81. The number of sulfonamides is 1. The van der Waals surface area contributed by atoms with Gasteiger partial charge >= 0.3 is 0 Å². The van der Waals surface area contributed by atoms with Gasteiger partial charge in [0.05, 0.1) is 4.90 Å². The van der Waals surface area contributed by atoms with Crippen molar-refractivity contribution in [3.63, 3.8) is 0 Å². The van der Waals surface area contributed by atoms with Crippen LogP contribution in [0.1, 0.15) is 46.0 Å². The zero-order valence-corrected chi connectivity index (χ0v) is 18.6. The van der Waals surface area contributed by atoms with Crippen molar-refractivity contribution in [2.45, 2.75) is 62.4 Å². The highest BCUT2D eigenvalue weighted by atomic mass is 32.2. The minimum absolute atomic E-state index is 0.0337. The van der Waals surface area contributed by atoms with Crippen molar-refractivity contribution in [2.75, 3.05) is 7.05 Å². The largest absolute Gasteiger partial charge is 0.369 e. The summed E-state index contributed by atoms with van der Waals surface area (Å²) in [6, 6.07) is 8.10. The summed E-state index contributed by atoms with van der Waals surface area (Å²) in [5, 5.41) is 3.17. The fourth-order valence-electron chi connectivity index (χ4n) is 6.08. The van der Waals surface area contributed by atoms with E-state index >= 15 is 0 Å². The van der Waals surface area contributed by atoms with Gasteiger partial charge in [-0.3, -0.25) is 9.59 Å². The average Bonchev–Trinajstić information content (AvgIpc) is 2.69. The number of carbonyl (C=O) groups is 2. The van der Waals surface area contributed by atoms with Crippen molar-refractivity contribution in [1.29, 1.82) is 0 Å². The second-order valence-corrected chi connectivity index (χ2v) is 11.9. The summed E-state index contributed by atoms with van der Waals surface area (Å²) in [7, 11) is -2.37. The van der Waals surface area contributed by atoms with Crippen molar-refractivity contribution in [1.82, 2.24) is 9.62 Å². The van der Waals surface area contributed by atoms with Crippen molar-refractivity contribution < 1.29 is 18.0 Å². The maximum absolute atomic E-state index is 13.3. The Hall–Kier alpha value is -1.93. The number of nitrogens with two attached hydrogens (primary N) is 1. The van der Waals surface area contributed by atoms with Crippen molar-refractivity contribution in [2.24, 2.45) is 28.9 Å². The lowest BCUT2D eigenvalue weighted by Gasteiger charge is -2.59.